The number of hydrogen-bond donors (Lipinski definition) is 0. The monoisotopic (exact) mass is 438 g/mol. The highest BCUT2D eigenvalue weighted by atomic mass is 16.2. The number of anilines is 1. The molecule has 7 heteroatoms. The Morgan fingerprint density at radius 3 is 1.73 bits per heavy atom. The fourth-order valence-electron chi connectivity index (χ4n) is 4.15. The number of amides is 4. The highest BCUT2D eigenvalue weighted by Gasteiger charge is 2.38. The van der Waals surface area contributed by atoms with Crippen molar-refractivity contribution in [3.63, 3.8) is 0 Å². The van der Waals surface area contributed by atoms with Crippen LogP contribution in [-0.2, 0) is 0 Å². The van der Waals surface area contributed by atoms with Gasteiger partial charge in [0.1, 0.15) is 0 Å². The number of carbonyl (C=O) groups excluding carboxylic acids is 5. The molecule has 0 unspecified atom stereocenters. The van der Waals surface area contributed by atoms with E-state index in [1.54, 1.807) is 12.1 Å². The van der Waals surface area contributed by atoms with Crippen LogP contribution in [0.5, 0.6) is 0 Å². The van der Waals surface area contributed by atoms with Crippen LogP contribution in [0, 0.1) is 13.8 Å². The van der Waals surface area contributed by atoms with Gasteiger partial charge in [-0.1, -0.05) is 18.2 Å². The van der Waals surface area contributed by atoms with Crippen LogP contribution in [0.1, 0.15) is 68.5 Å². The Balaban J connectivity index is 1.50. The van der Waals surface area contributed by atoms with Crippen LogP contribution >= 0.6 is 0 Å². The number of benzene rings is 3. The fraction of sp³-hybridized carbons (Fsp3) is 0.115. The molecule has 2 heterocycles. The Kier molecular flexibility index (Phi) is 4.39. The first-order valence-corrected chi connectivity index (χ1v) is 10.3. The first kappa shape index (κ1) is 20.5. The zero-order valence-electron chi connectivity index (χ0n) is 18.1. The number of rotatable bonds is 3. The summed E-state index contributed by atoms with van der Waals surface area (Å²) >= 11 is 0. The minimum absolute atomic E-state index is 0.149. The Hall–Kier alpha value is -4.39. The van der Waals surface area contributed by atoms with E-state index < -0.39 is 29.4 Å². The Labute approximate surface area is 189 Å². The number of nitrogens with zero attached hydrogens (tertiary/aromatic N) is 2. The molecule has 0 saturated heterocycles. The van der Waals surface area contributed by atoms with Gasteiger partial charge in [-0.25, -0.2) is 4.90 Å². The second kappa shape index (κ2) is 7.06. The van der Waals surface area contributed by atoms with Gasteiger partial charge >= 0.3 is 0 Å². The molecule has 7 nitrogen and oxygen atoms in total. The van der Waals surface area contributed by atoms with Gasteiger partial charge in [0.05, 0.1) is 27.9 Å². The number of ketones is 1. The number of aryl methyl sites for hydroxylation is 2. The van der Waals surface area contributed by atoms with Crippen molar-refractivity contribution in [3.8, 4) is 0 Å². The third-order valence-corrected chi connectivity index (χ3v) is 6.25. The predicted molar refractivity (Wildman–Crippen MR) is 120 cm³/mol. The lowest BCUT2D eigenvalue weighted by Gasteiger charge is -2.15. The smallest absolute Gasteiger partial charge is 0.266 e. The van der Waals surface area contributed by atoms with Crippen molar-refractivity contribution >= 4 is 35.1 Å². The summed E-state index contributed by atoms with van der Waals surface area (Å²) in [5.41, 5.74) is 3.69. The summed E-state index contributed by atoms with van der Waals surface area (Å²) in [6.45, 7) is 3.85. The topological polar surface area (TPSA) is 91.8 Å². The fourth-order valence-corrected chi connectivity index (χ4v) is 4.15. The molecule has 0 radical (unpaired) electrons. The van der Waals surface area contributed by atoms with E-state index in [2.05, 4.69) is 0 Å². The molecule has 162 valence electrons. The van der Waals surface area contributed by atoms with E-state index in [0.29, 0.717) is 5.69 Å². The van der Waals surface area contributed by atoms with Gasteiger partial charge in [-0.05, 0) is 61.4 Å². The van der Waals surface area contributed by atoms with Crippen LogP contribution in [-0.4, -0.2) is 41.4 Å². The second-order valence-corrected chi connectivity index (χ2v) is 8.23. The summed E-state index contributed by atoms with van der Waals surface area (Å²) in [5, 5.41) is 0. The molecule has 0 fully saturated rings. The summed E-state index contributed by atoms with van der Waals surface area (Å²) < 4.78 is 0. The van der Waals surface area contributed by atoms with Crippen molar-refractivity contribution in [2.45, 2.75) is 13.8 Å². The van der Waals surface area contributed by atoms with Crippen LogP contribution < -0.4 is 4.90 Å². The molecule has 0 aliphatic carbocycles. The molecule has 2 aliphatic heterocycles. The van der Waals surface area contributed by atoms with Gasteiger partial charge in [-0.2, -0.15) is 0 Å². The summed E-state index contributed by atoms with van der Waals surface area (Å²) in [6, 6.07) is 14.0. The van der Waals surface area contributed by atoms with Crippen molar-refractivity contribution in [2.24, 2.45) is 0 Å². The van der Waals surface area contributed by atoms with Gasteiger partial charge in [0.2, 0.25) is 0 Å². The molecule has 3 aromatic rings. The van der Waals surface area contributed by atoms with Gasteiger partial charge in [0.15, 0.2) is 5.78 Å². The molecule has 33 heavy (non-hydrogen) atoms. The van der Waals surface area contributed by atoms with E-state index in [9.17, 15) is 24.0 Å². The Morgan fingerprint density at radius 1 is 0.606 bits per heavy atom. The van der Waals surface area contributed by atoms with Crippen LogP contribution in [0.2, 0.25) is 0 Å². The quantitative estimate of drug-likeness (QED) is 0.461. The van der Waals surface area contributed by atoms with E-state index in [0.717, 1.165) is 20.9 Å². The van der Waals surface area contributed by atoms with Gasteiger partial charge in [0, 0.05) is 18.2 Å². The third-order valence-electron chi connectivity index (χ3n) is 6.25. The molecule has 0 bridgehead atoms. The molecule has 0 atom stereocenters. The lowest BCUT2D eigenvalue weighted by Crippen LogP contribution is -2.29. The molecule has 0 N–H and O–H groups in total. The third kappa shape index (κ3) is 2.93. The SMILES string of the molecule is Cc1ccc(N2C(=O)c3ccc(C(=O)c4ccc5c(c4)C(=O)N(C)C5=O)cc3C2=O)cc1C. The summed E-state index contributed by atoms with van der Waals surface area (Å²) in [6.07, 6.45) is 0. The standard InChI is InChI=1S/C26H18N2O5/c1-13-4-7-17(10-14(13)2)28-25(32)19-9-6-16(12-21(19)26(28)33)22(29)15-5-8-18-20(11-15)24(31)27(3)23(18)30/h4-12H,1-3H3. The zero-order chi connectivity index (χ0) is 23.6. The number of imide groups is 2. The van der Waals surface area contributed by atoms with Gasteiger partial charge in [-0.3, -0.25) is 28.9 Å². The molecule has 5 rings (SSSR count). The van der Waals surface area contributed by atoms with E-state index in [4.69, 9.17) is 0 Å². The number of hydrogen-bond acceptors (Lipinski definition) is 5. The minimum Gasteiger partial charge on any atom is -0.289 e. The largest absolute Gasteiger partial charge is 0.289 e. The molecule has 3 aromatic carbocycles. The highest BCUT2D eigenvalue weighted by molar-refractivity contribution is 6.35. The van der Waals surface area contributed by atoms with Crippen molar-refractivity contribution in [1.29, 1.82) is 0 Å². The van der Waals surface area contributed by atoms with E-state index in [1.807, 2.05) is 19.9 Å². The minimum atomic E-state index is -0.496. The second-order valence-electron chi connectivity index (χ2n) is 8.23. The Morgan fingerprint density at radius 2 is 1.12 bits per heavy atom. The van der Waals surface area contributed by atoms with Crippen molar-refractivity contribution < 1.29 is 24.0 Å². The van der Waals surface area contributed by atoms with Crippen molar-refractivity contribution in [2.75, 3.05) is 11.9 Å². The van der Waals surface area contributed by atoms with E-state index in [-0.39, 0.29) is 33.4 Å². The van der Waals surface area contributed by atoms with Crippen LogP contribution in [0.3, 0.4) is 0 Å². The molecular formula is C26H18N2O5. The maximum Gasteiger partial charge on any atom is 0.266 e. The van der Waals surface area contributed by atoms with Crippen molar-refractivity contribution in [3.05, 3.63) is 99.1 Å². The van der Waals surface area contributed by atoms with E-state index in [1.165, 1.54) is 43.4 Å². The lowest BCUT2D eigenvalue weighted by molar-refractivity contribution is 0.0692. The van der Waals surface area contributed by atoms with Gasteiger partial charge in [-0.15, -0.1) is 0 Å². The maximum atomic E-state index is 13.1. The molecule has 0 saturated carbocycles. The van der Waals surface area contributed by atoms with Gasteiger partial charge in [0.25, 0.3) is 23.6 Å². The van der Waals surface area contributed by atoms with Crippen LogP contribution in [0.15, 0.2) is 54.6 Å². The van der Waals surface area contributed by atoms with Gasteiger partial charge < -0.3 is 0 Å². The normalized spacial score (nSPS) is 14.8. The highest BCUT2D eigenvalue weighted by Crippen LogP contribution is 2.31. The molecule has 2 aliphatic rings. The van der Waals surface area contributed by atoms with E-state index >= 15 is 0 Å². The number of fused-ring (bicyclic) bond motifs is 2. The summed E-state index contributed by atoms with van der Waals surface area (Å²) in [7, 11) is 1.39. The summed E-state index contributed by atoms with van der Waals surface area (Å²) in [4.78, 5) is 65.6. The predicted octanol–water partition coefficient (Wildman–Crippen LogP) is 3.56. The molecule has 4 amide bonds. The molecule has 0 spiro atoms. The van der Waals surface area contributed by atoms with Crippen LogP contribution in [0.25, 0.3) is 0 Å². The maximum absolute atomic E-state index is 13.1. The lowest BCUT2D eigenvalue weighted by atomic mass is 9.96. The average Bonchev–Trinajstić information content (AvgIpc) is 3.19. The molecule has 0 aromatic heterocycles. The first-order chi connectivity index (χ1) is 15.7. The Bertz CT molecular complexity index is 1450. The molecular weight excluding hydrogens is 420 g/mol. The average molecular weight is 438 g/mol. The number of carbonyl (C=O) groups is 5. The van der Waals surface area contributed by atoms with Crippen LogP contribution in [0.4, 0.5) is 5.69 Å². The first-order valence-electron chi connectivity index (χ1n) is 10.3. The zero-order valence-corrected chi connectivity index (χ0v) is 18.1. The van der Waals surface area contributed by atoms with Crippen molar-refractivity contribution in [1.82, 2.24) is 4.90 Å². The summed E-state index contributed by atoms with van der Waals surface area (Å²) in [5.74, 6) is -2.24.